The molecule has 0 aromatic rings. The first-order chi connectivity index (χ1) is 3.18. The summed E-state index contributed by atoms with van der Waals surface area (Å²) in [7, 11) is 1.77. The van der Waals surface area contributed by atoms with Crippen LogP contribution in [0.15, 0.2) is 11.5 Å². The van der Waals surface area contributed by atoms with Crippen LogP contribution in [0.3, 0.4) is 0 Å². The van der Waals surface area contributed by atoms with E-state index in [1.165, 1.54) is 0 Å². The molecule has 42 valence electrons. The average molecular weight is 101 g/mol. The molecule has 5 N–H and O–H groups in total. The largest absolute Gasteiger partial charge is 0.389 e. The van der Waals surface area contributed by atoms with Crippen molar-refractivity contribution in [3.8, 4) is 0 Å². The third kappa shape index (κ3) is 1.92. The van der Waals surface area contributed by atoms with Gasteiger partial charge in [-0.3, -0.25) is 0 Å². The van der Waals surface area contributed by atoms with Crippen LogP contribution in [0.25, 0.3) is 0 Å². The van der Waals surface area contributed by atoms with Crippen molar-refractivity contribution >= 4 is 0 Å². The van der Waals surface area contributed by atoms with Gasteiger partial charge in [-0.15, -0.1) is 0 Å². The van der Waals surface area contributed by atoms with E-state index in [0.29, 0.717) is 5.82 Å². The highest BCUT2D eigenvalue weighted by Gasteiger charge is 1.82. The van der Waals surface area contributed by atoms with E-state index in [1.807, 2.05) is 6.92 Å². The van der Waals surface area contributed by atoms with Crippen LogP contribution >= 0.6 is 0 Å². The summed E-state index contributed by atoms with van der Waals surface area (Å²) in [5.74, 6) is 0.350. The van der Waals surface area contributed by atoms with Crippen molar-refractivity contribution in [2.24, 2.45) is 11.5 Å². The zero-order valence-electron chi connectivity index (χ0n) is 4.65. The van der Waals surface area contributed by atoms with Gasteiger partial charge in [0.2, 0.25) is 0 Å². The van der Waals surface area contributed by atoms with Gasteiger partial charge in [0, 0.05) is 12.7 Å². The Morgan fingerprint density at radius 2 is 1.86 bits per heavy atom. The SMILES string of the molecule is CNC(C)=C(N)N. The Balaban J connectivity index is 3.72. The third-order valence-corrected chi connectivity index (χ3v) is 0.808. The molecule has 3 heteroatoms. The molecular weight excluding hydrogens is 90.1 g/mol. The zero-order valence-corrected chi connectivity index (χ0v) is 4.65. The van der Waals surface area contributed by atoms with Crippen molar-refractivity contribution in [2.45, 2.75) is 6.92 Å². The summed E-state index contributed by atoms with van der Waals surface area (Å²) >= 11 is 0. The molecule has 0 aliphatic rings. The van der Waals surface area contributed by atoms with Crippen molar-refractivity contribution in [3.63, 3.8) is 0 Å². The lowest BCUT2D eigenvalue weighted by Crippen LogP contribution is -2.17. The highest BCUT2D eigenvalue weighted by molar-refractivity contribution is 5.00. The highest BCUT2D eigenvalue weighted by atomic mass is 14.9. The predicted molar refractivity (Wildman–Crippen MR) is 30.1 cm³/mol. The zero-order chi connectivity index (χ0) is 5.86. The minimum Gasteiger partial charge on any atom is -0.389 e. The van der Waals surface area contributed by atoms with Gasteiger partial charge in [-0.2, -0.15) is 0 Å². The van der Waals surface area contributed by atoms with Gasteiger partial charge in [-0.1, -0.05) is 0 Å². The Hall–Kier alpha value is -0.860. The molecule has 0 rings (SSSR count). The number of allylic oxidation sites excluding steroid dienone is 1. The second kappa shape index (κ2) is 2.34. The summed E-state index contributed by atoms with van der Waals surface area (Å²) in [6.45, 7) is 1.81. The Morgan fingerprint density at radius 3 is 1.86 bits per heavy atom. The van der Waals surface area contributed by atoms with Gasteiger partial charge >= 0.3 is 0 Å². The smallest absolute Gasteiger partial charge is 0.113 e. The van der Waals surface area contributed by atoms with E-state index in [1.54, 1.807) is 7.05 Å². The molecule has 0 atom stereocenters. The van der Waals surface area contributed by atoms with Crippen LogP contribution in [0.2, 0.25) is 0 Å². The van der Waals surface area contributed by atoms with Crippen LogP contribution in [0, 0.1) is 0 Å². The second-order valence-electron chi connectivity index (χ2n) is 1.33. The van der Waals surface area contributed by atoms with E-state index in [-0.39, 0.29) is 0 Å². The summed E-state index contributed by atoms with van der Waals surface area (Å²) in [6.07, 6.45) is 0. The summed E-state index contributed by atoms with van der Waals surface area (Å²) in [5.41, 5.74) is 11.1. The lowest BCUT2D eigenvalue weighted by Gasteiger charge is -1.98. The van der Waals surface area contributed by atoms with Crippen LogP contribution < -0.4 is 16.8 Å². The van der Waals surface area contributed by atoms with Crippen molar-refractivity contribution in [3.05, 3.63) is 11.5 Å². The molecule has 0 amide bonds. The Kier molecular flexibility index (Phi) is 2.05. The third-order valence-electron chi connectivity index (χ3n) is 0.808. The first kappa shape index (κ1) is 6.14. The van der Waals surface area contributed by atoms with Gasteiger partial charge in [0.15, 0.2) is 0 Å². The van der Waals surface area contributed by atoms with Gasteiger partial charge in [0.05, 0.1) is 0 Å². The lowest BCUT2D eigenvalue weighted by molar-refractivity contribution is 0.940. The van der Waals surface area contributed by atoms with E-state index in [0.717, 1.165) is 5.70 Å². The second-order valence-corrected chi connectivity index (χ2v) is 1.33. The molecule has 0 unspecified atom stereocenters. The number of nitrogens with one attached hydrogen (secondary N) is 1. The van der Waals surface area contributed by atoms with Crippen molar-refractivity contribution in [2.75, 3.05) is 7.05 Å². The topological polar surface area (TPSA) is 64.1 Å². The maximum atomic E-state index is 5.14. The van der Waals surface area contributed by atoms with Crippen molar-refractivity contribution in [1.82, 2.24) is 5.32 Å². The van der Waals surface area contributed by atoms with E-state index in [2.05, 4.69) is 5.32 Å². The van der Waals surface area contributed by atoms with Crippen LogP contribution in [0.5, 0.6) is 0 Å². The van der Waals surface area contributed by atoms with E-state index in [9.17, 15) is 0 Å². The average Bonchev–Trinajstić information content (AvgIpc) is 1.65. The summed E-state index contributed by atoms with van der Waals surface area (Å²) in [5, 5.41) is 2.79. The molecule has 0 fully saturated rings. The number of hydrogen-bond acceptors (Lipinski definition) is 3. The molecular formula is C4H11N3. The molecule has 0 aliphatic carbocycles. The molecule has 0 aromatic heterocycles. The van der Waals surface area contributed by atoms with Gasteiger partial charge in [0.1, 0.15) is 5.82 Å². The van der Waals surface area contributed by atoms with Gasteiger partial charge < -0.3 is 16.8 Å². The number of rotatable bonds is 1. The monoisotopic (exact) mass is 101 g/mol. The fourth-order valence-corrected chi connectivity index (χ4v) is 0.144. The quantitative estimate of drug-likeness (QED) is 0.409. The van der Waals surface area contributed by atoms with Gasteiger partial charge in [-0.25, -0.2) is 0 Å². The Morgan fingerprint density at radius 1 is 1.43 bits per heavy atom. The van der Waals surface area contributed by atoms with Crippen LogP contribution in [-0.2, 0) is 0 Å². The van der Waals surface area contributed by atoms with Gasteiger partial charge in [-0.05, 0) is 6.92 Å². The lowest BCUT2D eigenvalue weighted by atomic mass is 10.5. The molecule has 3 nitrogen and oxygen atoms in total. The molecule has 0 spiro atoms. The molecule has 0 aliphatic heterocycles. The number of hydrogen-bond donors (Lipinski definition) is 3. The van der Waals surface area contributed by atoms with E-state index in [4.69, 9.17) is 11.5 Å². The number of nitrogens with two attached hydrogens (primary N) is 2. The standard InChI is InChI=1S/C4H11N3/c1-3(7-2)4(5)6/h7H,5-6H2,1-2H3. The van der Waals surface area contributed by atoms with E-state index < -0.39 is 0 Å². The Bertz CT molecular complexity index is 80.9. The molecule has 0 radical (unpaired) electrons. The van der Waals surface area contributed by atoms with Crippen molar-refractivity contribution < 1.29 is 0 Å². The normalized spacial score (nSPS) is 7.71. The van der Waals surface area contributed by atoms with Crippen LogP contribution in [-0.4, -0.2) is 7.05 Å². The minimum absolute atomic E-state index is 0.350. The maximum absolute atomic E-state index is 5.14. The molecule has 0 saturated carbocycles. The summed E-state index contributed by atoms with van der Waals surface area (Å²) in [4.78, 5) is 0. The van der Waals surface area contributed by atoms with Crippen LogP contribution in [0.1, 0.15) is 6.92 Å². The fourth-order valence-electron chi connectivity index (χ4n) is 0.144. The summed E-state index contributed by atoms with van der Waals surface area (Å²) in [6, 6.07) is 0. The fraction of sp³-hybridized carbons (Fsp3) is 0.500. The van der Waals surface area contributed by atoms with E-state index >= 15 is 0 Å². The molecule has 0 bridgehead atoms. The minimum atomic E-state index is 0.350. The highest BCUT2D eigenvalue weighted by Crippen LogP contribution is 1.80. The van der Waals surface area contributed by atoms with Gasteiger partial charge in [0.25, 0.3) is 0 Å². The first-order valence-electron chi connectivity index (χ1n) is 2.08. The van der Waals surface area contributed by atoms with Crippen molar-refractivity contribution in [1.29, 1.82) is 0 Å². The molecule has 7 heavy (non-hydrogen) atoms. The predicted octanol–water partition coefficient (Wildman–Crippen LogP) is -0.688. The van der Waals surface area contributed by atoms with Crippen LogP contribution in [0.4, 0.5) is 0 Å². The molecule has 0 heterocycles. The molecule has 0 saturated heterocycles. The maximum Gasteiger partial charge on any atom is 0.113 e. The molecule has 0 aromatic carbocycles. The first-order valence-corrected chi connectivity index (χ1v) is 2.08. The Labute approximate surface area is 43.4 Å². The summed E-state index contributed by atoms with van der Waals surface area (Å²) < 4.78 is 0.